The van der Waals surface area contributed by atoms with Crippen LogP contribution in [0.2, 0.25) is 0 Å². The molecule has 1 aliphatic rings. The largest absolute Gasteiger partial charge is 0.497 e. The first-order valence-electron chi connectivity index (χ1n) is 9.33. The van der Waals surface area contributed by atoms with Gasteiger partial charge in [0.25, 0.3) is 0 Å². The van der Waals surface area contributed by atoms with Crippen molar-refractivity contribution in [2.45, 2.75) is 25.6 Å². The molecule has 0 radical (unpaired) electrons. The number of nitrogens with zero attached hydrogens (tertiary/aromatic N) is 2. The lowest BCUT2D eigenvalue weighted by Gasteiger charge is -2.41. The fourth-order valence-corrected chi connectivity index (χ4v) is 3.69. The number of aliphatic hydroxyl groups excluding tert-OH is 1. The number of piperazine rings is 1. The molecule has 0 amide bonds. The molecule has 152 valence electrons. The van der Waals surface area contributed by atoms with E-state index in [0.29, 0.717) is 56.0 Å². The van der Waals surface area contributed by atoms with Gasteiger partial charge in [0.05, 0.1) is 7.11 Å². The molecule has 1 fully saturated rings. The van der Waals surface area contributed by atoms with E-state index in [0.717, 1.165) is 6.07 Å². The number of benzene rings is 2. The molecule has 0 aromatic heterocycles. The zero-order valence-electron chi connectivity index (χ0n) is 15.9. The van der Waals surface area contributed by atoms with Gasteiger partial charge in [-0.3, -0.25) is 9.80 Å². The Morgan fingerprint density at radius 3 is 2.43 bits per heavy atom. The summed E-state index contributed by atoms with van der Waals surface area (Å²) in [6.45, 7) is 2.89. The molecular formula is C21H25F3N2O2. The molecule has 1 N–H and O–H groups in total. The summed E-state index contributed by atoms with van der Waals surface area (Å²) >= 11 is 0. The van der Waals surface area contributed by atoms with Gasteiger partial charge in [0.2, 0.25) is 0 Å². The maximum atomic E-state index is 14.3. The molecule has 28 heavy (non-hydrogen) atoms. The third-order valence-corrected chi connectivity index (χ3v) is 5.11. The van der Waals surface area contributed by atoms with Crippen molar-refractivity contribution in [3.8, 4) is 5.75 Å². The lowest BCUT2D eigenvalue weighted by atomic mass is 10.1. The second kappa shape index (κ2) is 9.41. The van der Waals surface area contributed by atoms with Gasteiger partial charge in [-0.25, -0.2) is 13.2 Å². The Kier molecular flexibility index (Phi) is 6.93. The van der Waals surface area contributed by atoms with Gasteiger partial charge in [0.15, 0.2) is 0 Å². The Labute approximate surface area is 163 Å². The summed E-state index contributed by atoms with van der Waals surface area (Å²) in [5.41, 5.74) is 1.15. The first-order chi connectivity index (χ1) is 13.5. The van der Waals surface area contributed by atoms with Crippen LogP contribution in [0.3, 0.4) is 0 Å². The average Bonchev–Trinajstić information content (AvgIpc) is 2.64. The van der Waals surface area contributed by atoms with Crippen molar-refractivity contribution >= 4 is 0 Å². The SMILES string of the molecule is COc1ccc(CN2CCN(Cc3cc(F)cc(F)c3)C[C@H]2CCO)c(F)c1. The minimum atomic E-state index is -0.587. The molecule has 1 heterocycles. The number of aliphatic hydroxyl groups is 1. The molecule has 2 aromatic carbocycles. The molecular weight excluding hydrogens is 369 g/mol. The van der Waals surface area contributed by atoms with Crippen molar-refractivity contribution < 1.29 is 23.0 Å². The Balaban J connectivity index is 1.67. The van der Waals surface area contributed by atoms with E-state index in [1.165, 1.54) is 25.3 Å². The standard InChI is InChI=1S/C21H25F3N2O2/c1-28-20-3-2-16(21(24)11-20)13-26-6-5-25(14-19(26)4-7-27)12-15-8-17(22)10-18(23)9-15/h2-3,8-11,19,27H,4-7,12-14H2,1H3/t19-/m1/s1. The van der Waals surface area contributed by atoms with Gasteiger partial charge in [-0.1, -0.05) is 6.07 Å². The maximum absolute atomic E-state index is 14.3. The van der Waals surface area contributed by atoms with Crippen LogP contribution in [0.5, 0.6) is 5.75 Å². The minimum absolute atomic E-state index is 0.0225. The van der Waals surface area contributed by atoms with Gasteiger partial charge in [-0.15, -0.1) is 0 Å². The molecule has 3 rings (SSSR count). The minimum Gasteiger partial charge on any atom is -0.497 e. The Morgan fingerprint density at radius 2 is 1.79 bits per heavy atom. The highest BCUT2D eigenvalue weighted by molar-refractivity contribution is 5.29. The monoisotopic (exact) mass is 394 g/mol. The van der Waals surface area contributed by atoms with E-state index >= 15 is 0 Å². The predicted octanol–water partition coefficient (Wildman–Crippen LogP) is 3.18. The highest BCUT2D eigenvalue weighted by atomic mass is 19.1. The summed E-state index contributed by atoms with van der Waals surface area (Å²) in [7, 11) is 1.50. The number of hydrogen-bond acceptors (Lipinski definition) is 4. The summed E-state index contributed by atoms with van der Waals surface area (Å²) in [4.78, 5) is 4.25. The van der Waals surface area contributed by atoms with Crippen molar-refractivity contribution in [3.05, 3.63) is 65.0 Å². The van der Waals surface area contributed by atoms with Gasteiger partial charge in [-0.2, -0.15) is 0 Å². The van der Waals surface area contributed by atoms with E-state index in [2.05, 4.69) is 9.80 Å². The average molecular weight is 394 g/mol. The highest BCUT2D eigenvalue weighted by Gasteiger charge is 2.27. The zero-order chi connectivity index (χ0) is 20.1. The summed E-state index contributed by atoms with van der Waals surface area (Å²) in [5, 5.41) is 9.44. The second-order valence-corrected chi connectivity index (χ2v) is 7.11. The highest BCUT2D eigenvalue weighted by Crippen LogP contribution is 2.22. The molecule has 7 heteroatoms. The normalized spacial score (nSPS) is 18.4. The van der Waals surface area contributed by atoms with Gasteiger partial charge in [0.1, 0.15) is 23.2 Å². The molecule has 1 saturated heterocycles. The third kappa shape index (κ3) is 5.25. The number of rotatable bonds is 7. The second-order valence-electron chi connectivity index (χ2n) is 7.11. The van der Waals surface area contributed by atoms with Crippen molar-refractivity contribution in [1.29, 1.82) is 0 Å². The Hall–Kier alpha value is -2.09. The first kappa shape index (κ1) is 20.6. The van der Waals surface area contributed by atoms with Crippen LogP contribution in [0, 0.1) is 17.5 Å². The van der Waals surface area contributed by atoms with Gasteiger partial charge >= 0.3 is 0 Å². The van der Waals surface area contributed by atoms with Crippen LogP contribution in [-0.4, -0.2) is 54.3 Å². The van der Waals surface area contributed by atoms with E-state index in [1.807, 2.05) is 0 Å². The summed E-state index contributed by atoms with van der Waals surface area (Å²) in [6.07, 6.45) is 0.547. The molecule has 0 saturated carbocycles. The molecule has 1 aliphatic heterocycles. The number of hydrogen-bond donors (Lipinski definition) is 1. The van der Waals surface area contributed by atoms with E-state index in [1.54, 1.807) is 12.1 Å². The predicted molar refractivity (Wildman–Crippen MR) is 100 cm³/mol. The number of halogens is 3. The zero-order valence-corrected chi connectivity index (χ0v) is 15.9. The lowest BCUT2D eigenvalue weighted by Crippen LogP contribution is -2.52. The summed E-state index contributed by atoms with van der Waals surface area (Å²) in [5.74, 6) is -1.02. The van der Waals surface area contributed by atoms with Crippen LogP contribution in [0.1, 0.15) is 17.5 Å². The van der Waals surface area contributed by atoms with Gasteiger partial charge in [-0.05, 0) is 30.2 Å². The summed E-state index contributed by atoms with van der Waals surface area (Å²) < 4.78 is 46.2. The Bertz CT molecular complexity index is 783. The van der Waals surface area contributed by atoms with Crippen molar-refractivity contribution in [2.24, 2.45) is 0 Å². The van der Waals surface area contributed by atoms with Crippen molar-refractivity contribution in [1.82, 2.24) is 9.80 Å². The first-order valence-corrected chi connectivity index (χ1v) is 9.33. The van der Waals surface area contributed by atoms with Crippen molar-refractivity contribution in [2.75, 3.05) is 33.4 Å². The van der Waals surface area contributed by atoms with Crippen LogP contribution in [-0.2, 0) is 13.1 Å². The van der Waals surface area contributed by atoms with Gasteiger partial charge in [0, 0.05) is 63.1 Å². The molecule has 0 spiro atoms. The number of methoxy groups -OCH3 is 1. The van der Waals surface area contributed by atoms with E-state index in [-0.39, 0.29) is 18.5 Å². The molecule has 1 atom stereocenters. The van der Waals surface area contributed by atoms with E-state index in [9.17, 15) is 18.3 Å². The van der Waals surface area contributed by atoms with Crippen LogP contribution in [0.25, 0.3) is 0 Å². The van der Waals surface area contributed by atoms with Crippen LogP contribution >= 0.6 is 0 Å². The van der Waals surface area contributed by atoms with Crippen molar-refractivity contribution in [3.63, 3.8) is 0 Å². The lowest BCUT2D eigenvalue weighted by molar-refractivity contribution is 0.0492. The fourth-order valence-electron chi connectivity index (χ4n) is 3.69. The molecule has 4 nitrogen and oxygen atoms in total. The molecule has 0 aliphatic carbocycles. The van der Waals surface area contributed by atoms with Gasteiger partial charge < -0.3 is 9.84 Å². The van der Waals surface area contributed by atoms with Crippen LogP contribution in [0.4, 0.5) is 13.2 Å². The maximum Gasteiger partial charge on any atom is 0.131 e. The summed E-state index contributed by atoms with van der Waals surface area (Å²) in [6, 6.07) is 8.37. The van der Waals surface area contributed by atoms with E-state index in [4.69, 9.17) is 4.74 Å². The quantitative estimate of drug-likeness (QED) is 0.783. The van der Waals surface area contributed by atoms with Crippen LogP contribution in [0.15, 0.2) is 36.4 Å². The topological polar surface area (TPSA) is 35.9 Å². The smallest absolute Gasteiger partial charge is 0.131 e. The molecule has 0 bridgehead atoms. The van der Waals surface area contributed by atoms with E-state index < -0.39 is 11.6 Å². The fraction of sp³-hybridized carbons (Fsp3) is 0.429. The number of ether oxygens (including phenoxy) is 1. The molecule has 0 unspecified atom stereocenters. The van der Waals surface area contributed by atoms with Crippen LogP contribution < -0.4 is 4.74 Å². The molecule has 2 aromatic rings. The Morgan fingerprint density at radius 1 is 1.04 bits per heavy atom. The third-order valence-electron chi connectivity index (χ3n) is 5.11.